The van der Waals surface area contributed by atoms with Gasteiger partial charge in [0.15, 0.2) is 0 Å². The van der Waals surface area contributed by atoms with Crippen molar-refractivity contribution in [2.24, 2.45) is 0 Å². The predicted octanol–water partition coefficient (Wildman–Crippen LogP) is 2.42. The molecule has 4 heteroatoms. The smallest absolute Gasteiger partial charge is 0.325 e. The highest BCUT2D eigenvalue weighted by Crippen LogP contribution is 2.26. The average Bonchev–Trinajstić information content (AvgIpc) is 3.19. The minimum atomic E-state index is -0.827. The maximum Gasteiger partial charge on any atom is 0.325 e. The number of fused-ring (bicyclic) bond motifs is 1. The van der Waals surface area contributed by atoms with E-state index in [0.29, 0.717) is 6.04 Å². The van der Waals surface area contributed by atoms with Crippen molar-refractivity contribution in [3.05, 3.63) is 41.6 Å². The van der Waals surface area contributed by atoms with Gasteiger partial charge in [-0.05, 0) is 43.5 Å². The van der Waals surface area contributed by atoms with Gasteiger partial charge in [-0.2, -0.15) is 0 Å². The van der Waals surface area contributed by atoms with Crippen LogP contribution in [0, 0.1) is 6.92 Å². The highest BCUT2D eigenvalue weighted by molar-refractivity contribution is 5.82. The van der Waals surface area contributed by atoms with Crippen molar-refractivity contribution < 1.29 is 9.90 Å². The van der Waals surface area contributed by atoms with Crippen molar-refractivity contribution in [1.82, 2.24) is 10.3 Å². The van der Waals surface area contributed by atoms with E-state index in [1.807, 2.05) is 37.3 Å². The van der Waals surface area contributed by atoms with Gasteiger partial charge in [0.2, 0.25) is 0 Å². The quantitative estimate of drug-likeness (QED) is 0.882. The van der Waals surface area contributed by atoms with E-state index < -0.39 is 12.0 Å². The van der Waals surface area contributed by atoms with Crippen LogP contribution in [-0.2, 0) is 4.79 Å². The topological polar surface area (TPSA) is 62.2 Å². The molecule has 1 atom stereocenters. The Morgan fingerprint density at radius 3 is 2.84 bits per heavy atom. The third kappa shape index (κ3) is 2.58. The predicted molar refractivity (Wildman–Crippen MR) is 73.0 cm³/mol. The summed E-state index contributed by atoms with van der Waals surface area (Å²) >= 11 is 0. The first-order valence-electron chi connectivity index (χ1n) is 6.49. The Hall–Kier alpha value is -1.94. The number of carbonyl (C=O) groups is 1. The fraction of sp³-hybridized carbons (Fsp3) is 0.333. The van der Waals surface area contributed by atoms with Crippen molar-refractivity contribution >= 4 is 16.9 Å². The molecule has 1 unspecified atom stereocenters. The number of carboxylic acids is 1. The Labute approximate surface area is 111 Å². The van der Waals surface area contributed by atoms with E-state index >= 15 is 0 Å². The van der Waals surface area contributed by atoms with Crippen LogP contribution >= 0.6 is 0 Å². The van der Waals surface area contributed by atoms with Crippen LogP contribution in [0.15, 0.2) is 30.3 Å². The molecule has 0 amide bonds. The molecule has 1 aliphatic rings. The van der Waals surface area contributed by atoms with Crippen LogP contribution in [0.2, 0.25) is 0 Å². The Bertz CT molecular complexity index is 635. The van der Waals surface area contributed by atoms with Crippen LogP contribution in [0.1, 0.15) is 30.1 Å². The fourth-order valence-electron chi connectivity index (χ4n) is 2.22. The van der Waals surface area contributed by atoms with Crippen LogP contribution in [0.5, 0.6) is 0 Å². The van der Waals surface area contributed by atoms with Gasteiger partial charge in [0.1, 0.15) is 6.04 Å². The minimum absolute atomic E-state index is 0.355. The third-order valence-corrected chi connectivity index (χ3v) is 3.41. The molecule has 0 saturated heterocycles. The Balaban J connectivity index is 1.97. The Kier molecular flexibility index (Phi) is 2.95. The lowest BCUT2D eigenvalue weighted by atomic mass is 10.0. The lowest BCUT2D eigenvalue weighted by molar-refractivity contribution is -0.139. The Morgan fingerprint density at radius 1 is 1.37 bits per heavy atom. The van der Waals surface area contributed by atoms with Crippen molar-refractivity contribution in [2.75, 3.05) is 0 Å². The minimum Gasteiger partial charge on any atom is -0.480 e. The molecule has 1 fully saturated rings. The summed E-state index contributed by atoms with van der Waals surface area (Å²) in [4.78, 5) is 15.8. The van der Waals surface area contributed by atoms with Gasteiger partial charge in [0, 0.05) is 17.1 Å². The summed E-state index contributed by atoms with van der Waals surface area (Å²) in [6.45, 7) is 1.95. The number of hydrogen-bond acceptors (Lipinski definition) is 3. The van der Waals surface area contributed by atoms with E-state index in [2.05, 4.69) is 10.3 Å². The van der Waals surface area contributed by atoms with E-state index in [9.17, 15) is 9.90 Å². The Morgan fingerprint density at radius 2 is 2.16 bits per heavy atom. The molecule has 0 aliphatic heterocycles. The molecule has 98 valence electrons. The SMILES string of the molecule is Cc1ccc2cc(C(NC3CC3)C(=O)O)ccc2n1. The van der Waals surface area contributed by atoms with Crippen LogP contribution in [0.4, 0.5) is 0 Å². The summed E-state index contributed by atoms with van der Waals surface area (Å²) in [5.41, 5.74) is 2.66. The van der Waals surface area contributed by atoms with Gasteiger partial charge in [-0.15, -0.1) is 0 Å². The molecule has 1 aromatic heterocycles. The van der Waals surface area contributed by atoms with Gasteiger partial charge < -0.3 is 5.11 Å². The van der Waals surface area contributed by atoms with Crippen LogP contribution in [0.3, 0.4) is 0 Å². The maximum atomic E-state index is 11.4. The maximum absolute atomic E-state index is 11.4. The molecule has 1 saturated carbocycles. The van der Waals surface area contributed by atoms with E-state index in [1.165, 1.54) is 0 Å². The molecule has 0 bridgehead atoms. The molecule has 0 spiro atoms. The van der Waals surface area contributed by atoms with Crippen molar-refractivity contribution in [1.29, 1.82) is 0 Å². The summed E-state index contributed by atoms with van der Waals surface area (Å²) in [6.07, 6.45) is 2.14. The van der Waals surface area contributed by atoms with Gasteiger partial charge in [-0.25, -0.2) is 0 Å². The molecule has 3 rings (SSSR count). The largest absolute Gasteiger partial charge is 0.480 e. The number of rotatable bonds is 4. The third-order valence-electron chi connectivity index (χ3n) is 3.41. The molecule has 2 aromatic rings. The highest BCUT2D eigenvalue weighted by atomic mass is 16.4. The van der Waals surface area contributed by atoms with Crippen molar-refractivity contribution in [2.45, 2.75) is 31.8 Å². The first kappa shape index (κ1) is 12.1. The molecular weight excluding hydrogens is 240 g/mol. The number of carboxylic acid groups (broad SMARTS) is 1. The summed E-state index contributed by atoms with van der Waals surface area (Å²) in [5.74, 6) is -0.827. The molecule has 19 heavy (non-hydrogen) atoms. The zero-order chi connectivity index (χ0) is 13.4. The lowest BCUT2D eigenvalue weighted by Gasteiger charge is -2.15. The highest BCUT2D eigenvalue weighted by Gasteiger charge is 2.29. The number of aryl methyl sites for hydroxylation is 1. The molecule has 1 heterocycles. The van der Waals surface area contributed by atoms with E-state index in [-0.39, 0.29) is 0 Å². The standard InChI is InChI=1S/C15H16N2O2/c1-9-2-3-10-8-11(4-7-13(10)16-9)14(15(18)19)17-12-5-6-12/h2-4,7-8,12,14,17H,5-6H2,1H3,(H,18,19). The van der Waals surface area contributed by atoms with Crippen LogP contribution in [0.25, 0.3) is 10.9 Å². The second-order valence-corrected chi connectivity index (χ2v) is 5.12. The van der Waals surface area contributed by atoms with E-state index in [4.69, 9.17) is 0 Å². The molecule has 1 aliphatic carbocycles. The number of nitrogens with zero attached hydrogens (tertiary/aromatic N) is 1. The van der Waals surface area contributed by atoms with Gasteiger partial charge in [-0.3, -0.25) is 15.1 Å². The molecular formula is C15H16N2O2. The summed E-state index contributed by atoms with van der Waals surface area (Å²) in [7, 11) is 0. The number of pyridine rings is 1. The van der Waals surface area contributed by atoms with Crippen molar-refractivity contribution in [3.8, 4) is 0 Å². The van der Waals surface area contributed by atoms with Gasteiger partial charge >= 0.3 is 5.97 Å². The molecule has 4 nitrogen and oxygen atoms in total. The zero-order valence-corrected chi connectivity index (χ0v) is 10.8. The van der Waals surface area contributed by atoms with Crippen LogP contribution in [-0.4, -0.2) is 22.1 Å². The number of benzene rings is 1. The summed E-state index contributed by atoms with van der Waals surface area (Å²) in [6, 6.07) is 9.31. The normalized spacial score (nSPS) is 16.5. The number of aromatic nitrogens is 1. The van der Waals surface area contributed by atoms with E-state index in [1.54, 1.807) is 0 Å². The summed E-state index contributed by atoms with van der Waals surface area (Å²) < 4.78 is 0. The van der Waals surface area contributed by atoms with Gasteiger partial charge in [-0.1, -0.05) is 12.1 Å². The fourth-order valence-corrected chi connectivity index (χ4v) is 2.22. The lowest BCUT2D eigenvalue weighted by Crippen LogP contribution is -2.30. The molecule has 0 radical (unpaired) electrons. The second kappa shape index (κ2) is 4.63. The zero-order valence-electron chi connectivity index (χ0n) is 10.8. The second-order valence-electron chi connectivity index (χ2n) is 5.12. The average molecular weight is 256 g/mol. The number of nitrogens with one attached hydrogen (secondary N) is 1. The first-order chi connectivity index (χ1) is 9.13. The molecule has 2 N–H and O–H groups in total. The first-order valence-corrected chi connectivity index (χ1v) is 6.49. The van der Waals surface area contributed by atoms with Gasteiger partial charge in [0.05, 0.1) is 5.52 Å². The monoisotopic (exact) mass is 256 g/mol. The van der Waals surface area contributed by atoms with Crippen LogP contribution < -0.4 is 5.32 Å². The number of aliphatic carboxylic acids is 1. The molecule has 1 aromatic carbocycles. The van der Waals surface area contributed by atoms with E-state index in [0.717, 1.165) is 35.0 Å². The number of hydrogen-bond donors (Lipinski definition) is 2. The van der Waals surface area contributed by atoms with Crippen molar-refractivity contribution in [3.63, 3.8) is 0 Å². The summed E-state index contributed by atoms with van der Waals surface area (Å²) in [5, 5.41) is 13.5. The van der Waals surface area contributed by atoms with Gasteiger partial charge in [0.25, 0.3) is 0 Å².